The molecule has 9 fully saturated rings. The van der Waals surface area contributed by atoms with Crippen molar-refractivity contribution in [3.05, 3.63) is 11.6 Å². The van der Waals surface area contributed by atoms with E-state index >= 15 is 0 Å². The fourth-order valence-corrected chi connectivity index (χ4v) is 17.4. The van der Waals surface area contributed by atoms with Crippen LogP contribution in [0.15, 0.2) is 11.6 Å². The first kappa shape index (κ1) is 69.0. The zero-order chi connectivity index (χ0) is 63.1. The predicted octanol–water partition coefficient (Wildman–Crippen LogP) is -3.74. The number of aliphatic hydroxyl groups excluding tert-OH is 17. The van der Waals surface area contributed by atoms with Crippen molar-refractivity contribution in [1.29, 1.82) is 0 Å². The third kappa shape index (κ3) is 12.3. The molecule has 0 aromatic carbocycles. The predicted molar refractivity (Wildman–Crippen MR) is 293 cm³/mol. The van der Waals surface area contributed by atoms with E-state index < -0.39 is 209 Å². The first-order chi connectivity index (χ1) is 40.3. The number of rotatable bonds is 19. The van der Waals surface area contributed by atoms with Crippen LogP contribution in [0, 0.1) is 45.3 Å². The number of ether oxygens (including phenoxy) is 10. The van der Waals surface area contributed by atoms with Crippen LogP contribution in [0.1, 0.15) is 113 Å². The highest BCUT2D eigenvalue weighted by molar-refractivity contribution is 5.21. The lowest BCUT2D eigenvalue weighted by atomic mass is 9.35. The smallest absolute Gasteiger partial charge is 0.187 e. The van der Waals surface area contributed by atoms with Crippen molar-refractivity contribution in [3.8, 4) is 0 Å². The third-order valence-electron chi connectivity index (χ3n) is 22.6. The van der Waals surface area contributed by atoms with E-state index in [4.69, 9.17) is 47.4 Å². The van der Waals surface area contributed by atoms with Gasteiger partial charge in [0.05, 0.1) is 50.8 Å². The molecule has 4 saturated carbocycles. The molecule has 5 aliphatic heterocycles. The van der Waals surface area contributed by atoms with Gasteiger partial charge in [-0.1, -0.05) is 46.3 Å². The molecule has 9 rings (SSSR count). The third-order valence-corrected chi connectivity index (χ3v) is 22.6. The van der Waals surface area contributed by atoms with Gasteiger partial charge >= 0.3 is 0 Å². The molecule has 0 aromatic heterocycles. The highest BCUT2D eigenvalue weighted by Gasteiger charge is 2.72. The second-order valence-corrected chi connectivity index (χ2v) is 28.1. The van der Waals surface area contributed by atoms with Gasteiger partial charge < -0.3 is 134 Å². The summed E-state index contributed by atoms with van der Waals surface area (Å²) < 4.78 is 60.4. The minimum Gasteiger partial charge on any atom is -0.394 e. The summed E-state index contributed by atoms with van der Waals surface area (Å²) in [7, 11) is 0. The Morgan fingerprint density at radius 3 is 1.50 bits per heavy atom. The van der Waals surface area contributed by atoms with Gasteiger partial charge in [0.2, 0.25) is 0 Å². The molecule has 498 valence electrons. The first-order valence-electron chi connectivity index (χ1n) is 30.8. The molecule has 86 heavy (non-hydrogen) atoms. The Hall–Kier alpha value is -1.34. The molecule has 5 heterocycles. The van der Waals surface area contributed by atoms with Gasteiger partial charge in [0.15, 0.2) is 31.5 Å². The molecule has 0 spiro atoms. The lowest BCUT2D eigenvalue weighted by Gasteiger charge is -2.71. The van der Waals surface area contributed by atoms with Gasteiger partial charge in [-0.05, 0) is 124 Å². The zero-order valence-electron chi connectivity index (χ0n) is 50.5. The Morgan fingerprint density at radius 2 is 0.942 bits per heavy atom. The lowest BCUT2D eigenvalue weighted by molar-refractivity contribution is -0.378. The maximum Gasteiger partial charge on any atom is 0.187 e. The summed E-state index contributed by atoms with van der Waals surface area (Å²) in [6.45, 7) is 13.9. The van der Waals surface area contributed by atoms with Crippen molar-refractivity contribution in [2.45, 2.75) is 278 Å². The van der Waals surface area contributed by atoms with Crippen molar-refractivity contribution in [2.24, 2.45) is 45.3 Å². The Morgan fingerprint density at radius 1 is 0.488 bits per heavy atom. The van der Waals surface area contributed by atoms with Crippen LogP contribution in [-0.2, 0) is 47.4 Å². The summed E-state index contributed by atoms with van der Waals surface area (Å²) in [6, 6.07) is 0. The monoisotopic (exact) mass is 1240 g/mol. The van der Waals surface area contributed by atoms with Crippen molar-refractivity contribution >= 4 is 0 Å². The molecule has 0 unspecified atom stereocenters. The molecule has 9 aliphatic rings. The average molecular weight is 1240 g/mol. The van der Waals surface area contributed by atoms with E-state index in [9.17, 15) is 86.8 Å². The SMILES string of the molecule is CC(C)=CCC[C@@](C)(O[C@@H]1O[C@H](CO[C@@H]2O[C@H](CO[C@@H]3O[C@@H](CO)[C@H](O)[C@H]3O)[C@@H](O)[C@H](O)[C@H]2O)[C@@H](O)[C@H](O)[C@H]1O)[C@H]1CC[C@]2(C)[C@@H]1[C@H](O)C[C@@H]1[C@@]3(C)CC[C@H](O[C@@H]4O[C@H](CO)[C@@H](O)[C@H](O)[C@H]4O[C@@H]4O[C@H](CO)[C@@H](O)[C@H](O)[C@H]4O)C(C)(C)[C@@H]3CC[C@]12C. The lowest BCUT2D eigenvalue weighted by Crippen LogP contribution is -2.68. The van der Waals surface area contributed by atoms with Gasteiger partial charge in [0, 0.05) is 0 Å². The Bertz CT molecular complexity index is 2260. The fraction of sp³-hybridized carbons (Fsp3) is 0.966. The van der Waals surface area contributed by atoms with Crippen LogP contribution < -0.4 is 0 Å². The minimum absolute atomic E-state index is 0.00774. The number of fused-ring (bicyclic) bond motifs is 5. The number of aliphatic hydroxyl groups is 17. The largest absolute Gasteiger partial charge is 0.394 e. The number of allylic oxidation sites excluding steroid dienone is 2. The average Bonchev–Trinajstić information content (AvgIpc) is 1.23. The molecule has 0 amide bonds. The Balaban J connectivity index is 0.902. The normalized spacial score (nSPS) is 52.8. The molecular weight excluding hydrogens is 1140 g/mol. The fourth-order valence-electron chi connectivity index (χ4n) is 17.4. The Labute approximate surface area is 501 Å². The van der Waals surface area contributed by atoms with Crippen LogP contribution in [0.2, 0.25) is 0 Å². The maximum absolute atomic E-state index is 12.9. The van der Waals surface area contributed by atoms with Crippen molar-refractivity contribution in [1.82, 2.24) is 0 Å². The van der Waals surface area contributed by atoms with E-state index in [0.29, 0.717) is 38.5 Å². The summed E-state index contributed by atoms with van der Waals surface area (Å²) >= 11 is 0. The van der Waals surface area contributed by atoms with E-state index in [1.165, 1.54) is 0 Å². The minimum atomic E-state index is -1.84. The van der Waals surface area contributed by atoms with Crippen LogP contribution in [0.25, 0.3) is 0 Å². The molecule has 5 saturated heterocycles. The van der Waals surface area contributed by atoms with Crippen molar-refractivity contribution in [3.63, 3.8) is 0 Å². The van der Waals surface area contributed by atoms with Crippen LogP contribution in [0.3, 0.4) is 0 Å². The summed E-state index contributed by atoms with van der Waals surface area (Å²) in [5, 5.41) is 184. The molecule has 27 heteroatoms. The van der Waals surface area contributed by atoms with E-state index in [1.807, 2.05) is 20.8 Å². The number of hydrogen-bond acceptors (Lipinski definition) is 27. The highest BCUT2D eigenvalue weighted by Crippen LogP contribution is 2.76. The van der Waals surface area contributed by atoms with E-state index in [1.54, 1.807) is 0 Å². The first-order valence-corrected chi connectivity index (χ1v) is 30.8. The summed E-state index contributed by atoms with van der Waals surface area (Å²) in [6.07, 6.45) is -32.2. The summed E-state index contributed by atoms with van der Waals surface area (Å²) in [5.74, 6) is -0.613. The van der Waals surface area contributed by atoms with Crippen LogP contribution >= 0.6 is 0 Å². The number of hydrogen-bond donors (Lipinski definition) is 17. The standard InChI is InChI=1S/C59H100O27/c1-24(2)10-9-14-59(8,86-53-48(76)43(71)40(68)31(83-53)23-78-51-46(74)42(70)39(67)30(82-51)22-77-50-45(73)38(66)29(21-62)79-50)25-11-16-58(7)35(25)26(63)18-33-56(5)15-13-34(55(3,4)32(56)12-17-57(33,58)6)84-54-49(44(72)37(65)28(20-61)81-54)85-52-47(75)41(69)36(64)27(19-60)80-52/h10,25-54,60-76H,9,11-23H2,1-8H3/t25-,26+,27+,28+,29-,30+,31+,32-,33+,34-,35-,36+,37+,38-,39+,40+,41-,42-,43-,44-,45+,46+,47+,48+,49+,50+,51+,52-,53-,54-,56-,57+,58+,59+/m0/s1. The Kier molecular flexibility index (Phi) is 21.3. The van der Waals surface area contributed by atoms with Gasteiger partial charge in [-0.2, -0.15) is 0 Å². The van der Waals surface area contributed by atoms with Gasteiger partial charge in [-0.15, -0.1) is 0 Å². The van der Waals surface area contributed by atoms with Crippen molar-refractivity contribution < 1.29 is 134 Å². The summed E-state index contributed by atoms with van der Waals surface area (Å²) in [5.41, 5.74) is -1.79. The molecule has 0 bridgehead atoms. The van der Waals surface area contributed by atoms with E-state index in [2.05, 4.69) is 40.7 Å². The maximum atomic E-state index is 12.9. The highest BCUT2D eigenvalue weighted by atomic mass is 16.8. The van der Waals surface area contributed by atoms with Gasteiger partial charge in [0.1, 0.15) is 116 Å². The van der Waals surface area contributed by atoms with Crippen LogP contribution in [0.4, 0.5) is 0 Å². The second-order valence-electron chi connectivity index (χ2n) is 28.1. The molecule has 34 atom stereocenters. The molecule has 0 aromatic rings. The van der Waals surface area contributed by atoms with E-state index in [-0.39, 0.29) is 34.5 Å². The molecule has 4 aliphatic carbocycles. The van der Waals surface area contributed by atoms with Gasteiger partial charge in [-0.3, -0.25) is 0 Å². The van der Waals surface area contributed by atoms with E-state index in [0.717, 1.165) is 24.8 Å². The van der Waals surface area contributed by atoms with Gasteiger partial charge in [-0.25, -0.2) is 0 Å². The summed E-state index contributed by atoms with van der Waals surface area (Å²) in [4.78, 5) is 0. The van der Waals surface area contributed by atoms with Crippen molar-refractivity contribution in [2.75, 3.05) is 33.0 Å². The van der Waals surface area contributed by atoms with Crippen LogP contribution in [0.5, 0.6) is 0 Å². The molecular formula is C59H100O27. The van der Waals surface area contributed by atoms with Gasteiger partial charge in [0.25, 0.3) is 0 Å². The topological polar surface area (TPSA) is 436 Å². The zero-order valence-corrected chi connectivity index (χ0v) is 50.5. The second kappa shape index (κ2) is 26.6. The molecule has 0 radical (unpaired) electrons. The molecule has 27 nitrogen and oxygen atoms in total. The van der Waals surface area contributed by atoms with Crippen LogP contribution in [-0.4, -0.2) is 285 Å². The quantitative estimate of drug-likeness (QED) is 0.0436. The molecule has 17 N–H and O–H groups in total.